The van der Waals surface area contributed by atoms with E-state index in [9.17, 15) is 19.2 Å². The molecule has 1 aliphatic rings. The van der Waals surface area contributed by atoms with Crippen LogP contribution in [0.25, 0.3) is 0 Å². The quantitative estimate of drug-likeness (QED) is 0.362. The summed E-state index contributed by atoms with van der Waals surface area (Å²) in [7, 11) is 4.42. The summed E-state index contributed by atoms with van der Waals surface area (Å²) in [6.45, 7) is 2.54. The third-order valence-corrected chi connectivity index (χ3v) is 3.60. The number of carbonyl (C=O) groups excluding carboxylic acids is 4. The SMILES string of the molecule is CN.CN.CNC(=O)[C@H](CC(N)=O)NC(=O)C1CCN(C(C)=O)CC1. The van der Waals surface area contributed by atoms with Crippen LogP contribution in [0, 0.1) is 5.92 Å². The van der Waals surface area contributed by atoms with Crippen molar-refractivity contribution in [2.75, 3.05) is 34.2 Å². The third kappa shape index (κ3) is 9.62. The molecule has 0 radical (unpaired) electrons. The van der Waals surface area contributed by atoms with Crippen LogP contribution in [0.1, 0.15) is 26.2 Å². The highest BCUT2D eigenvalue weighted by Crippen LogP contribution is 2.17. The smallest absolute Gasteiger partial charge is 0.242 e. The Morgan fingerprint density at radius 3 is 1.92 bits per heavy atom. The van der Waals surface area contributed by atoms with E-state index < -0.39 is 17.9 Å². The molecule has 146 valence electrons. The number of carbonyl (C=O) groups is 4. The van der Waals surface area contributed by atoms with Gasteiger partial charge < -0.3 is 32.7 Å². The molecule has 0 bridgehead atoms. The molecule has 0 aliphatic carbocycles. The van der Waals surface area contributed by atoms with Crippen LogP contribution in [-0.2, 0) is 19.2 Å². The summed E-state index contributed by atoms with van der Waals surface area (Å²) in [4.78, 5) is 47.6. The predicted molar refractivity (Wildman–Crippen MR) is 95.0 cm³/mol. The monoisotopic (exact) mass is 360 g/mol. The molecular weight excluding hydrogens is 328 g/mol. The Morgan fingerprint density at radius 2 is 1.56 bits per heavy atom. The van der Waals surface area contributed by atoms with Crippen molar-refractivity contribution in [2.45, 2.75) is 32.2 Å². The van der Waals surface area contributed by atoms with Crippen LogP contribution in [0.4, 0.5) is 0 Å². The minimum atomic E-state index is -0.953. The van der Waals surface area contributed by atoms with Gasteiger partial charge in [0.15, 0.2) is 0 Å². The van der Waals surface area contributed by atoms with E-state index in [0.717, 1.165) is 0 Å². The predicted octanol–water partition coefficient (Wildman–Crippen LogP) is -2.50. The molecule has 10 nitrogen and oxygen atoms in total. The van der Waals surface area contributed by atoms with Gasteiger partial charge in [0.05, 0.1) is 6.42 Å². The lowest BCUT2D eigenvalue weighted by Crippen LogP contribution is -2.51. The minimum Gasteiger partial charge on any atom is -0.370 e. The summed E-state index contributed by atoms with van der Waals surface area (Å²) in [5, 5.41) is 4.94. The van der Waals surface area contributed by atoms with E-state index >= 15 is 0 Å². The Bertz CT molecular complexity index is 436. The zero-order chi connectivity index (χ0) is 20.0. The molecule has 1 heterocycles. The van der Waals surface area contributed by atoms with Gasteiger partial charge in [-0.05, 0) is 26.9 Å². The van der Waals surface area contributed by atoms with E-state index in [4.69, 9.17) is 5.73 Å². The number of rotatable bonds is 5. The second-order valence-corrected chi connectivity index (χ2v) is 5.13. The number of nitrogens with zero attached hydrogens (tertiary/aromatic N) is 1. The molecule has 0 aromatic heterocycles. The lowest BCUT2D eigenvalue weighted by atomic mass is 9.95. The molecule has 1 rings (SSSR count). The maximum Gasteiger partial charge on any atom is 0.242 e. The third-order valence-electron chi connectivity index (χ3n) is 3.60. The summed E-state index contributed by atoms with van der Waals surface area (Å²) in [6.07, 6.45) is 0.850. The summed E-state index contributed by atoms with van der Waals surface area (Å²) < 4.78 is 0. The van der Waals surface area contributed by atoms with Crippen molar-refractivity contribution in [3.63, 3.8) is 0 Å². The molecule has 1 saturated heterocycles. The van der Waals surface area contributed by atoms with Crippen LogP contribution >= 0.6 is 0 Å². The van der Waals surface area contributed by atoms with Gasteiger partial charge in [-0.1, -0.05) is 0 Å². The first kappa shape index (κ1) is 25.0. The van der Waals surface area contributed by atoms with E-state index in [0.29, 0.717) is 25.9 Å². The molecule has 8 N–H and O–H groups in total. The van der Waals surface area contributed by atoms with Crippen LogP contribution < -0.4 is 27.8 Å². The molecule has 0 unspecified atom stereocenters. The van der Waals surface area contributed by atoms with Gasteiger partial charge in [0.25, 0.3) is 0 Å². The maximum absolute atomic E-state index is 12.1. The summed E-state index contributed by atoms with van der Waals surface area (Å²) in [5.41, 5.74) is 14.1. The Morgan fingerprint density at radius 1 is 1.08 bits per heavy atom. The van der Waals surface area contributed by atoms with Gasteiger partial charge in [0, 0.05) is 33.0 Å². The highest BCUT2D eigenvalue weighted by molar-refractivity contribution is 5.92. The van der Waals surface area contributed by atoms with E-state index in [-0.39, 0.29) is 24.2 Å². The van der Waals surface area contributed by atoms with Crippen LogP contribution in [0.5, 0.6) is 0 Å². The van der Waals surface area contributed by atoms with Crippen LogP contribution in [0.3, 0.4) is 0 Å². The summed E-state index contributed by atoms with van der Waals surface area (Å²) in [6, 6.07) is -0.953. The molecule has 25 heavy (non-hydrogen) atoms. The first-order valence-corrected chi connectivity index (χ1v) is 8.06. The molecule has 1 aliphatic heterocycles. The van der Waals surface area contributed by atoms with Crippen molar-refractivity contribution < 1.29 is 19.2 Å². The number of likely N-dealkylation sites (N-methyl/N-ethyl adjacent to an activating group) is 1. The molecule has 0 aromatic rings. The van der Waals surface area contributed by atoms with Gasteiger partial charge in [-0.15, -0.1) is 0 Å². The van der Waals surface area contributed by atoms with E-state index in [1.54, 1.807) is 4.90 Å². The van der Waals surface area contributed by atoms with Crippen molar-refractivity contribution in [1.82, 2.24) is 15.5 Å². The Hall–Kier alpha value is -2.20. The number of piperidine rings is 1. The normalized spacial score (nSPS) is 14.7. The lowest BCUT2D eigenvalue weighted by molar-refractivity contribution is -0.136. The first-order valence-electron chi connectivity index (χ1n) is 8.06. The highest BCUT2D eigenvalue weighted by atomic mass is 16.2. The fraction of sp³-hybridized carbons (Fsp3) is 0.733. The van der Waals surface area contributed by atoms with Crippen molar-refractivity contribution in [3.8, 4) is 0 Å². The second kappa shape index (κ2) is 14.2. The number of hydrogen-bond donors (Lipinski definition) is 5. The van der Waals surface area contributed by atoms with Crippen molar-refractivity contribution in [2.24, 2.45) is 23.1 Å². The molecule has 0 saturated carbocycles. The Balaban J connectivity index is 0. The van der Waals surface area contributed by atoms with Gasteiger partial charge >= 0.3 is 0 Å². The fourth-order valence-electron chi connectivity index (χ4n) is 2.33. The molecular formula is C15H32N6O4. The number of amides is 4. The molecule has 1 atom stereocenters. The van der Waals surface area contributed by atoms with E-state index in [2.05, 4.69) is 22.1 Å². The van der Waals surface area contributed by atoms with Crippen molar-refractivity contribution >= 4 is 23.6 Å². The minimum absolute atomic E-state index is 0.00850. The molecule has 0 spiro atoms. The number of hydrogen-bond acceptors (Lipinski definition) is 6. The standard InChI is InChI=1S/C13H22N4O4.2CH5N/c1-8(18)17-5-3-9(4-6-17)12(20)16-10(7-11(14)19)13(21)15-2;2*1-2/h9-10H,3-7H2,1-2H3,(H2,14,19)(H,15,21)(H,16,20);2*2H2,1H3/t10-;;/m0../s1. The average Bonchev–Trinajstić information content (AvgIpc) is 2.63. The van der Waals surface area contributed by atoms with Gasteiger partial charge in [0.1, 0.15) is 6.04 Å². The van der Waals surface area contributed by atoms with Crippen LogP contribution in [0.2, 0.25) is 0 Å². The Kier molecular flexibility index (Phi) is 14.2. The van der Waals surface area contributed by atoms with Crippen LogP contribution in [-0.4, -0.2) is 68.8 Å². The van der Waals surface area contributed by atoms with E-state index in [1.807, 2.05) is 0 Å². The lowest BCUT2D eigenvalue weighted by Gasteiger charge is -2.31. The summed E-state index contributed by atoms with van der Waals surface area (Å²) >= 11 is 0. The summed E-state index contributed by atoms with van der Waals surface area (Å²) in [5.74, 6) is -1.67. The average molecular weight is 360 g/mol. The number of nitrogens with one attached hydrogen (secondary N) is 2. The largest absolute Gasteiger partial charge is 0.370 e. The number of primary amides is 1. The maximum atomic E-state index is 12.1. The second-order valence-electron chi connectivity index (χ2n) is 5.13. The van der Waals surface area contributed by atoms with Gasteiger partial charge in [-0.3, -0.25) is 19.2 Å². The molecule has 10 heteroatoms. The zero-order valence-electron chi connectivity index (χ0n) is 15.5. The van der Waals surface area contributed by atoms with Gasteiger partial charge in [0.2, 0.25) is 23.6 Å². The van der Waals surface area contributed by atoms with E-state index in [1.165, 1.54) is 28.1 Å². The van der Waals surface area contributed by atoms with Crippen LogP contribution in [0.15, 0.2) is 0 Å². The van der Waals surface area contributed by atoms with Gasteiger partial charge in [-0.25, -0.2) is 0 Å². The molecule has 0 aromatic carbocycles. The molecule has 4 amide bonds. The topological polar surface area (TPSA) is 174 Å². The zero-order valence-corrected chi connectivity index (χ0v) is 15.5. The fourth-order valence-corrected chi connectivity index (χ4v) is 2.33. The Labute approximate surface area is 148 Å². The number of likely N-dealkylation sites (tertiary alicyclic amines) is 1. The first-order chi connectivity index (χ1) is 11.8. The molecule has 1 fully saturated rings. The van der Waals surface area contributed by atoms with Gasteiger partial charge in [-0.2, -0.15) is 0 Å². The van der Waals surface area contributed by atoms with Crippen molar-refractivity contribution in [3.05, 3.63) is 0 Å². The number of nitrogens with two attached hydrogens (primary N) is 3. The van der Waals surface area contributed by atoms with Crippen molar-refractivity contribution in [1.29, 1.82) is 0 Å². The highest BCUT2D eigenvalue weighted by Gasteiger charge is 2.29.